The summed E-state index contributed by atoms with van der Waals surface area (Å²) in [6, 6.07) is 9.22. The van der Waals surface area contributed by atoms with Gasteiger partial charge in [-0.3, -0.25) is 4.79 Å². The quantitative estimate of drug-likeness (QED) is 0.726. The van der Waals surface area contributed by atoms with Crippen LogP contribution in [0.3, 0.4) is 0 Å². The summed E-state index contributed by atoms with van der Waals surface area (Å²) in [5.74, 6) is -0.212. The Balaban J connectivity index is 2.06. The average Bonchev–Trinajstić information content (AvgIpc) is 2.56. The second kappa shape index (κ2) is 8.09. The van der Waals surface area contributed by atoms with Gasteiger partial charge in [0.05, 0.1) is 4.90 Å². The largest absolute Gasteiger partial charge is 0.503 e. The summed E-state index contributed by atoms with van der Waals surface area (Å²) in [5, 5.41) is 12.1. The molecule has 1 aromatic carbocycles. The van der Waals surface area contributed by atoms with E-state index in [2.05, 4.69) is 5.32 Å². The van der Waals surface area contributed by atoms with E-state index in [9.17, 15) is 18.3 Å². The number of nitrogens with one attached hydrogen (secondary N) is 1. The first kappa shape index (κ1) is 18.9. The first-order valence-corrected chi connectivity index (χ1v) is 9.39. The molecule has 2 rings (SSSR count). The van der Waals surface area contributed by atoms with E-state index < -0.39 is 10.0 Å². The normalized spacial score (nSPS) is 11.5. The zero-order chi connectivity index (χ0) is 18.4. The zero-order valence-corrected chi connectivity index (χ0v) is 15.0. The number of carbonyl (C=O) groups excluding carboxylic acids is 1. The second-order valence-corrected chi connectivity index (χ2v) is 7.33. The standard InChI is InChI=1S/C17H21N3O4S/c1-3-20(4-2)25(23,24)16-9-7-14(8-10-16)18-17(22)13-19-11-5-6-15(21)12-19/h5-12H,3-4,13H2,1-2H3,(H-,18,21,22)/p+1. The first-order valence-electron chi connectivity index (χ1n) is 7.95. The Morgan fingerprint density at radius 2 is 1.80 bits per heavy atom. The number of aromatic hydroxyl groups is 1. The molecule has 0 radical (unpaired) electrons. The zero-order valence-electron chi connectivity index (χ0n) is 14.2. The first-order chi connectivity index (χ1) is 11.9. The van der Waals surface area contributed by atoms with Crippen LogP contribution in [0.25, 0.3) is 0 Å². The van der Waals surface area contributed by atoms with Crippen LogP contribution in [0.2, 0.25) is 0 Å². The van der Waals surface area contributed by atoms with E-state index in [1.165, 1.54) is 28.7 Å². The molecule has 7 nitrogen and oxygen atoms in total. The fourth-order valence-corrected chi connectivity index (χ4v) is 3.85. The third-order valence-corrected chi connectivity index (χ3v) is 5.71. The van der Waals surface area contributed by atoms with Gasteiger partial charge in [-0.2, -0.15) is 8.87 Å². The van der Waals surface area contributed by atoms with Crippen molar-refractivity contribution >= 4 is 21.6 Å². The predicted molar refractivity (Wildman–Crippen MR) is 93.5 cm³/mol. The second-order valence-electron chi connectivity index (χ2n) is 5.40. The lowest BCUT2D eigenvalue weighted by Crippen LogP contribution is -2.39. The van der Waals surface area contributed by atoms with Crippen LogP contribution < -0.4 is 9.88 Å². The third kappa shape index (κ3) is 4.77. The van der Waals surface area contributed by atoms with Crippen molar-refractivity contribution in [1.29, 1.82) is 0 Å². The van der Waals surface area contributed by atoms with Crippen LogP contribution in [0, 0.1) is 0 Å². The molecule has 2 N–H and O–H groups in total. The Labute approximate surface area is 147 Å². The number of aromatic nitrogens is 1. The molecular formula is C17H22N3O4S+. The lowest BCUT2D eigenvalue weighted by Gasteiger charge is -2.18. The molecule has 0 spiro atoms. The van der Waals surface area contributed by atoms with Crippen molar-refractivity contribution < 1.29 is 22.9 Å². The van der Waals surface area contributed by atoms with Crippen molar-refractivity contribution in [3.8, 4) is 5.75 Å². The number of pyridine rings is 1. The van der Waals surface area contributed by atoms with E-state index in [0.29, 0.717) is 18.8 Å². The topological polar surface area (TPSA) is 90.6 Å². The van der Waals surface area contributed by atoms with Gasteiger partial charge in [-0.15, -0.1) is 0 Å². The Hall–Kier alpha value is -2.45. The number of hydrogen-bond acceptors (Lipinski definition) is 4. The van der Waals surface area contributed by atoms with Gasteiger partial charge in [0.2, 0.25) is 22.8 Å². The SMILES string of the molecule is CCN(CC)S(=O)(=O)c1ccc(NC(=O)C[n+]2cccc(O)c2)cc1. The van der Waals surface area contributed by atoms with Crippen molar-refractivity contribution in [2.24, 2.45) is 0 Å². The molecule has 25 heavy (non-hydrogen) atoms. The van der Waals surface area contributed by atoms with Crippen LogP contribution in [0.5, 0.6) is 5.75 Å². The van der Waals surface area contributed by atoms with E-state index in [4.69, 9.17) is 0 Å². The van der Waals surface area contributed by atoms with Gasteiger partial charge in [0.25, 0.3) is 5.91 Å². The highest BCUT2D eigenvalue weighted by atomic mass is 32.2. The molecule has 1 amide bonds. The lowest BCUT2D eigenvalue weighted by molar-refractivity contribution is -0.684. The molecule has 0 saturated carbocycles. The summed E-state index contributed by atoms with van der Waals surface area (Å²) < 4.78 is 27.7. The van der Waals surface area contributed by atoms with E-state index in [1.54, 1.807) is 42.8 Å². The Kier molecular flexibility index (Phi) is 6.11. The van der Waals surface area contributed by atoms with Crippen LogP contribution in [0.4, 0.5) is 5.69 Å². The average molecular weight is 364 g/mol. The molecule has 0 aliphatic heterocycles. The van der Waals surface area contributed by atoms with Gasteiger partial charge in [0, 0.05) is 24.8 Å². The molecule has 1 aromatic heterocycles. The summed E-state index contributed by atoms with van der Waals surface area (Å²) in [7, 11) is -3.51. The summed E-state index contributed by atoms with van der Waals surface area (Å²) >= 11 is 0. The maximum absolute atomic E-state index is 12.4. The van der Waals surface area contributed by atoms with Gasteiger partial charge in [-0.05, 0) is 30.3 Å². The van der Waals surface area contributed by atoms with Crippen LogP contribution >= 0.6 is 0 Å². The molecule has 2 aromatic rings. The lowest BCUT2D eigenvalue weighted by atomic mass is 10.3. The number of amides is 1. The number of hydrogen-bond donors (Lipinski definition) is 2. The summed E-state index contributed by atoms with van der Waals surface area (Å²) in [4.78, 5) is 12.2. The smallest absolute Gasteiger partial charge is 0.290 e. The minimum absolute atomic E-state index is 0.0356. The Bertz CT molecular complexity index is 831. The molecule has 0 aliphatic carbocycles. The van der Waals surface area contributed by atoms with E-state index in [1.807, 2.05) is 0 Å². The van der Waals surface area contributed by atoms with Gasteiger partial charge in [-0.25, -0.2) is 8.42 Å². The number of anilines is 1. The van der Waals surface area contributed by atoms with Crippen molar-refractivity contribution in [3.63, 3.8) is 0 Å². The van der Waals surface area contributed by atoms with E-state index in [0.717, 1.165) is 0 Å². The van der Waals surface area contributed by atoms with Crippen molar-refractivity contribution in [2.75, 3.05) is 18.4 Å². The number of nitrogens with zero attached hydrogens (tertiary/aromatic N) is 2. The summed E-state index contributed by atoms with van der Waals surface area (Å²) in [5.41, 5.74) is 0.504. The number of rotatable bonds is 7. The highest BCUT2D eigenvalue weighted by Gasteiger charge is 2.21. The third-order valence-electron chi connectivity index (χ3n) is 3.65. The molecule has 0 atom stereocenters. The molecule has 0 fully saturated rings. The highest BCUT2D eigenvalue weighted by Crippen LogP contribution is 2.18. The molecule has 1 heterocycles. The minimum atomic E-state index is -3.51. The minimum Gasteiger partial charge on any atom is -0.503 e. The Morgan fingerprint density at radius 3 is 2.36 bits per heavy atom. The number of benzene rings is 1. The predicted octanol–water partition coefficient (Wildman–Crippen LogP) is 1.35. The van der Waals surface area contributed by atoms with E-state index in [-0.39, 0.29) is 23.1 Å². The summed E-state index contributed by atoms with van der Waals surface area (Å²) in [6.07, 6.45) is 3.11. The number of sulfonamides is 1. The highest BCUT2D eigenvalue weighted by molar-refractivity contribution is 7.89. The van der Waals surface area contributed by atoms with Crippen LogP contribution in [-0.4, -0.2) is 36.8 Å². The molecule has 0 bridgehead atoms. The van der Waals surface area contributed by atoms with Crippen LogP contribution in [0.1, 0.15) is 13.8 Å². The van der Waals surface area contributed by atoms with Gasteiger partial charge in [-0.1, -0.05) is 13.8 Å². The van der Waals surface area contributed by atoms with Crippen LogP contribution in [0.15, 0.2) is 53.7 Å². The molecule has 0 aliphatic rings. The van der Waals surface area contributed by atoms with Gasteiger partial charge < -0.3 is 10.4 Å². The van der Waals surface area contributed by atoms with Crippen molar-refractivity contribution in [3.05, 3.63) is 48.8 Å². The van der Waals surface area contributed by atoms with Crippen molar-refractivity contribution in [2.45, 2.75) is 25.3 Å². The maximum atomic E-state index is 12.4. The van der Waals surface area contributed by atoms with Gasteiger partial charge in [0.15, 0.2) is 11.9 Å². The van der Waals surface area contributed by atoms with Crippen LogP contribution in [-0.2, 0) is 21.4 Å². The fourth-order valence-electron chi connectivity index (χ4n) is 2.40. The monoisotopic (exact) mass is 364 g/mol. The molecule has 8 heteroatoms. The van der Waals surface area contributed by atoms with E-state index >= 15 is 0 Å². The van der Waals surface area contributed by atoms with Gasteiger partial charge >= 0.3 is 0 Å². The molecule has 0 saturated heterocycles. The number of carbonyl (C=O) groups is 1. The molecule has 0 unspecified atom stereocenters. The molecule has 134 valence electrons. The van der Waals surface area contributed by atoms with Crippen molar-refractivity contribution in [1.82, 2.24) is 4.31 Å². The maximum Gasteiger partial charge on any atom is 0.290 e. The Morgan fingerprint density at radius 1 is 1.16 bits per heavy atom. The summed E-state index contributed by atoms with van der Waals surface area (Å²) in [6.45, 7) is 4.41. The molecular weight excluding hydrogens is 342 g/mol. The van der Waals surface area contributed by atoms with Gasteiger partial charge in [0.1, 0.15) is 0 Å². The fraction of sp³-hybridized carbons (Fsp3) is 0.294.